The van der Waals surface area contributed by atoms with E-state index in [1.807, 2.05) is 0 Å². The summed E-state index contributed by atoms with van der Waals surface area (Å²) in [6.45, 7) is 3.48. The number of methoxy groups -OCH3 is 1. The van der Waals surface area contributed by atoms with E-state index in [0.29, 0.717) is 0 Å². The van der Waals surface area contributed by atoms with Crippen LogP contribution in [0.3, 0.4) is 0 Å². The topological polar surface area (TPSA) is 111 Å². The Balaban J connectivity index is 2.79. The minimum Gasteiger partial charge on any atom is -0.503 e. The monoisotopic (exact) mass is 279 g/mol. The van der Waals surface area contributed by atoms with Crippen molar-refractivity contribution in [3.8, 4) is 0 Å². The highest BCUT2D eigenvalue weighted by Crippen LogP contribution is 2.09. The fourth-order valence-corrected chi connectivity index (χ4v) is 1.65. The molecule has 108 valence electrons. The molecule has 1 rings (SSSR count). The first-order valence-electron chi connectivity index (χ1n) is 5.95. The van der Waals surface area contributed by atoms with Crippen LogP contribution in [-0.2, 0) is 19.1 Å². The second-order valence-electron chi connectivity index (χ2n) is 4.10. The van der Waals surface area contributed by atoms with E-state index in [9.17, 15) is 14.4 Å². The van der Waals surface area contributed by atoms with Crippen molar-refractivity contribution in [3.63, 3.8) is 0 Å². The molecule has 0 radical (unpaired) electrons. The Bertz CT molecular complexity index is 494. The Hall–Kier alpha value is -2.57. The zero-order valence-corrected chi connectivity index (χ0v) is 11.1. The maximum Gasteiger partial charge on any atom is 0.257 e. The van der Waals surface area contributed by atoms with Crippen LogP contribution < -0.4 is 16.4 Å². The molecule has 1 unspecified atom stereocenters. The van der Waals surface area contributed by atoms with Crippen molar-refractivity contribution in [1.82, 2.24) is 10.6 Å². The number of nitrogens with two attached hydrogens (primary N) is 1. The molecule has 1 fully saturated rings. The first kappa shape index (κ1) is 15.5. The molecule has 0 aromatic carbocycles. The summed E-state index contributed by atoms with van der Waals surface area (Å²) < 4.78 is 4.79. The number of amides is 3. The maximum atomic E-state index is 12.1. The lowest BCUT2D eigenvalue weighted by Crippen LogP contribution is -2.52. The zero-order valence-electron chi connectivity index (χ0n) is 11.1. The van der Waals surface area contributed by atoms with Gasteiger partial charge in [0.1, 0.15) is 6.04 Å². The number of carbonyl (C=O) groups is 3. The third-order valence-electron chi connectivity index (χ3n) is 2.63. The van der Waals surface area contributed by atoms with Crippen molar-refractivity contribution in [1.29, 1.82) is 0 Å². The summed E-state index contributed by atoms with van der Waals surface area (Å²) in [4.78, 5) is 34.6. The molecule has 1 saturated heterocycles. The van der Waals surface area contributed by atoms with Crippen molar-refractivity contribution in [2.24, 2.45) is 5.73 Å². The molecule has 0 spiro atoms. The molecule has 1 aliphatic heterocycles. The highest BCUT2D eigenvalue weighted by molar-refractivity contribution is 6.04. The summed E-state index contributed by atoms with van der Waals surface area (Å²) in [5.74, 6) is -1.44. The van der Waals surface area contributed by atoms with Gasteiger partial charge in [-0.15, -0.1) is 0 Å². The fourth-order valence-electron chi connectivity index (χ4n) is 1.65. The van der Waals surface area contributed by atoms with E-state index in [0.717, 1.165) is 0 Å². The van der Waals surface area contributed by atoms with Gasteiger partial charge < -0.3 is 15.8 Å². The molecule has 0 bridgehead atoms. The van der Waals surface area contributed by atoms with Gasteiger partial charge in [0.25, 0.3) is 5.91 Å². The number of carbonyl (C=O) groups excluding carboxylic acids is 3. The van der Waals surface area contributed by atoms with Crippen LogP contribution in [0, 0.1) is 0 Å². The predicted octanol–water partition coefficient (Wildman–Crippen LogP) is -0.533. The van der Waals surface area contributed by atoms with Crippen LogP contribution in [0.5, 0.6) is 0 Å². The van der Waals surface area contributed by atoms with Crippen molar-refractivity contribution < 1.29 is 19.1 Å². The molecule has 3 amide bonds. The van der Waals surface area contributed by atoms with Gasteiger partial charge >= 0.3 is 0 Å². The first-order chi connectivity index (χ1) is 9.49. The SMILES string of the molecule is C=C/C=C(N)\C(=C/OC)C(=O)NC1CCC(=O)NC1=O. The van der Waals surface area contributed by atoms with E-state index in [-0.39, 0.29) is 30.0 Å². The minimum atomic E-state index is -0.767. The number of imide groups is 1. The van der Waals surface area contributed by atoms with Gasteiger partial charge in [-0.05, 0) is 12.5 Å². The van der Waals surface area contributed by atoms with E-state index < -0.39 is 17.9 Å². The van der Waals surface area contributed by atoms with Crippen LogP contribution in [0.15, 0.2) is 36.3 Å². The summed E-state index contributed by atoms with van der Waals surface area (Å²) in [5, 5.41) is 4.66. The molecule has 0 aromatic rings. The lowest BCUT2D eigenvalue weighted by Gasteiger charge is -2.22. The van der Waals surface area contributed by atoms with Gasteiger partial charge in [-0.1, -0.05) is 12.7 Å². The Labute approximate surface area is 116 Å². The van der Waals surface area contributed by atoms with E-state index >= 15 is 0 Å². The van der Waals surface area contributed by atoms with Crippen LogP contribution in [-0.4, -0.2) is 30.9 Å². The largest absolute Gasteiger partial charge is 0.503 e. The summed E-state index contributed by atoms with van der Waals surface area (Å²) >= 11 is 0. The normalized spacial score (nSPS) is 20.1. The van der Waals surface area contributed by atoms with Crippen molar-refractivity contribution in [3.05, 3.63) is 36.3 Å². The van der Waals surface area contributed by atoms with Crippen molar-refractivity contribution in [2.75, 3.05) is 7.11 Å². The summed E-state index contributed by atoms with van der Waals surface area (Å²) in [6.07, 6.45) is 4.48. The van der Waals surface area contributed by atoms with E-state index in [1.54, 1.807) is 0 Å². The first-order valence-corrected chi connectivity index (χ1v) is 5.95. The Kier molecular flexibility index (Phi) is 5.52. The molecule has 0 saturated carbocycles. The van der Waals surface area contributed by atoms with Crippen LogP contribution in [0.4, 0.5) is 0 Å². The summed E-state index contributed by atoms with van der Waals surface area (Å²) in [5.41, 5.74) is 5.94. The standard InChI is InChI=1S/C13H17N3O4/c1-3-4-9(14)8(7-20-2)12(18)15-10-5-6-11(17)16-13(10)19/h3-4,7,10H,1,5-6,14H2,2H3,(H,15,18)(H,16,17,19)/b8-7+,9-4+. The van der Waals surface area contributed by atoms with E-state index in [2.05, 4.69) is 17.2 Å². The number of nitrogens with one attached hydrogen (secondary N) is 2. The molecule has 1 heterocycles. The Morgan fingerprint density at radius 3 is 2.80 bits per heavy atom. The number of rotatable bonds is 5. The zero-order chi connectivity index (χ0) is 15.1. The third-order valence-corrected chi connectivity index (χ3v) is 2.63. The lowest BCUT2D eigenvalue weighted by molar-refractivity contribution is -0.136. The smallest absolute Gasteiger partial charge is 0.257 e. The molecule has 20 heavy (non-hydrogen) atoms. The number of ether oxygens (including phenoxy) is 1. The van der Waals surface area contributed by atoms with Crippen LogP contribution >= 0.6 is 0 Å². The van der Waals surface area contributed by atoms with Gasteiger partial charge in [0.05, 0.1) is 18.9 Å². The van der Waals surface area contributed by atoms with Gasteiger partial charge in [-0.3, -0.25) is 19.7 Å². The summed E-state index contributed by atoms with van der Waals surface area (Å²) in [6, 6.07) is -0.767. The van der Waals surface area contributed by atoms with Crippen LogP contribution in [0.25, 0.3) is 0 Å². The summed E-state index contributed by atoms with van der Waals surface area (Å²) in [7, 11) is 1.38. The number of allylic oxidation sites excluding steroid dienone is 2. The number of hydrogen-bond donors (Lipinski definition) is 3. The van der Waals surface area contributed by atoms with Crippen LogP contribution in [0.1, 0.15) is 12.8 Å². The van der Waals surface area contributed by atoms with Gasteiger partial charge in [-0.2, -0.15) is 0 Å². The van der Waals surface area contributed by atoms with Gasteiger partial charge in [0.2, 0.25) is 11.8 Å². The highest BCUT2D eigenvalue weighted by atomic mass is 16.5. The number of piperidine rings is 1. The molecule has 7 heteroatoms. The van der Waals surface area contributed by atoms with Gasteiger partial charge in [0.15, 0.2) is 0 Å². The van der Waals surface area contributed by atoms with E-state index in [4.69, 9.17) is 10.5 Å². The van der Waals surface area contributed by atoms with Gasteiger partial charge in [0, 0.05) is 12.1 Å². The lowest BCUT2D eigenvalue weighted by atomic mass is 10.1. The maximum absolute atomic E-state index is 12.1. The Morgan fingerprint density at radius 2 is 2.25 bits per heavy atom. The molecule has 1 atom stereocenters. The fraction of sp³-hybridized carbons (Fsp3) is 0.308. The highest BCUT2D eigenvalue weighted by Gasteiger charge is 2.29. The van der Waals surface area contributed by atoms with Crippen molar-refractivity contribution in [2.45, 2.75) is 18.9 Å². The average Bonchev–Trinajstić information content (AvgIpc) is 2.39. The van der Waals surface area contributed by atoms with Crippen LogP contribution in [0.2, 0.25) is 0 Å². The second kappa shape index (κ2) is 7.13. The quantitative estimate of drug-likeness (QED) is 0.271. The Morgan fingerprint density at radius 1 is 1.55 bits per heavy atom. The molecule has 1 aliphatic rings. The average molecular weight is 279 g/mol. The minimum absolute atomic E-state index is 0.0806. The van der Waals surface area contributed by atoms with Crippen molar-refractivity contribution >= 4 is 17.7 Å². The van der Waals surface area contributed by atoms with E-state index in [1.165, 1.54) is 25.5 Å². The third kappa shape index (κ3) is 3.98. The molecule has 4 N–H and O–H groups in total. The second-order valence-corrected chi connectivity index (χ2v) is 4.10. The number of hydrogen-bond acceptors (Lipinski definition) is 5. The molecule has 0 aliphatic carbocycles. The molecule has 7 nitrogen and oxygen atoms in total. The molecular weight excluding hydrogens is 262 g/mol. The molecular formula is C13H17N3O4. The van der Waals surface area contributed by atoms with Gasteiger partial charge in [-0.25, -0.2) is 0 Å². The molecule has 0 aromatic heterocycles. The predicted molar refractivity (Wildman–Crippen MR) is 71.9 cm³/mol.